The van der Waals surface area contributed by atoms with Gasteiger partial charge in [0.1, 0.15) is 0 Å². The van der Waals surface area contributed by atoms with Crippen LogP contribution in [0, 0.1) is 0 Å². The number of nitrogens with zero attached hydrogens (tertiary/aromatic N) is 2. The van der Waals surface area contributed by atoms with E-state index in [1.165, 1.54) is 30.7 Å². The number of carbonyl (C=O) groups excluding carboxylic acids is 2. The van der Waals surface area contributed by atoms with Crippen LogP contribution in [-0.4, -0.2) is 77.0 Å². The summed E-state index contributed by atoms with van der Waals surface area (Å²) in [7, 11) is 0.336. The van der Waals surface area contributed by atoms with E-state index in [0.29, 0.717) is 26.2 Å². The van der Waals surface area contributed by atoms with Gasteiger partial charge < -0.3 is 14.4 Å². The van der Waals surface area contributed by atoms with Gasteiger partial charge in [0.25, 0.3) is 0 Å². The van der Waals surface area contributed by atoms with E-state index in [9.17, 15) is 18.0 Å². The van der Waals surface area contributed by atoms with Crippen molar-refractivity contribution in [1.82, 2.24) is 9.21 Å². The number of rotatable bonds is 4. The monoisotopic (exact) mass is 356 g/mol. The molecule has 1 fully saturated rings. The zero-order chi connectivity index (χ0) is 17.9. The molecule has 8 nitrogen and oxygen atoms in total. The average molecular weight is 356 g/mol. The van der Waals surface area contributed by atoms with Crippen LogP contribution in [0.25, 0.3) is 0 Å². The van der Waals surface area contributed by atoms with Crippen LogP contribution in [-0.2, 0) is 19.5 Å². The Morgan fingerprint density at radius 2 is 1.58 bits per heavy atom. The minimum atomic E-state index is -3.94. The van der Waals surface area contributed by atoms with Crippen LogP contribution < -0.4 is 0 Å². The number of carbonyl (C=O) groups is 2. The zero-order valence-corrected chi connectivity index (χ0v) is 14.6. The first-order valence-corrected chi connectivity index (χ1v) is 8.74. The summed E-state index contributed by atoms with van der Waals surface area (Å²) >= 11 is 0. The fraction of sp³-hybridized carbons (Fsp3) is 0.467. The van der Waals surface area contributed by atoms with Crippen molar-refractivity contribution >= 4 is 22.0 Å². The number of methoxy groups -OCH3 is 2. The van der Waals surface area contributed by atoms with Gasteiger partial charge in [-0.2, -0.15) is 4.31 Å². The van der Waals surface area contributed by atoms with E-state index in [0.717, 1.165) is 6.07 Å². The van der Waals surface area contributed by atoms with E-state index in [1.807, 2.05) is 11.9 Å². The standard InChI is InChI=1S/C15H20N2O6S/c1-16-6-8-17(9-7-16)24(20,21)13-10-11(14(18)22-2)4-5-12(13)15(19)23-3/h4-5,10H,6-9H2,1-3H3. The summed E-state index contributed by atoms with van der Waals surface area (Å²) < 4.78 is 36.5. The van der Waals surface area contributed by atoms with Crippen molar-refractivity contribution in [2.45, 2.75) is 4.90 Å². The molecule has 9 heteroatoms. The van der Waals surface area contributed by atoms with E-state index < -0.39 is 22.0 Å². The predicted molar refractivity (Wildman–Crippen MR) is 85.4 cm³/mol. The van der Waals surface area contributed by atoms with E-state index in [2.05, 4.69) is 9.47 Å². The van der Waals surface area contributed by atoms with Gasteiger partial charge in [0.05, 0.1) is 30.2 Å². The van der Waals surface area contributed by atoms with Crippen molar-refractivity contribution in [2.75, 3.05) is 47.4 Å². The normalized spacial score (nSPS) is 16.6. The van der Waals surface area contributed by atoms with Gasteiger partial charge in [-0.15, -0.1) is 0 Å². The topological polar surface area (TPSA) is 93.2 Å². The molecule has 0 atom stereocenters. The van der Waals surface area contributed by atoms with E-state index in [4.69, 9.17) is 0 Å². The molecule has 1 aliphatic rings. The van der Waals surface area contributed by atoms with Crippen LogP contribution in [0.5, 0.6) is 0 Å². The van der Waals surface area contributed by atoms with Gasteiger partial charge in [-0.3, -0.25) is 0 Å². The number of benzene rings is 1. The molecule has 0 radical (unpaired) electrons. The highest BCUT2D eigenvalue weighted by Crippen LogP contribution is 2.24. The van der Waals surface area contributed by atoms with Crippen molar-refractivity contribution in [3.05, 3.63) is 29.3 Å². The maximum Gasteiger partial charge on any atom is 0.339 e. The SMILES string of the molecule is COC(=O)c1ccc(C(=O)OC)c(S(=O)(=O)N2CCN(C)CC2)c1. The Morgan fingerprint density at radius 3 is 2.12 bits per heavy atom. The van der Waals surface area contributed by atoms with Gasteiger partial charge >= 0.3 is 11.9 Å². The second-order valence-electron chi connectivity index (χ2n) is 5.40. The average Bonchev–Trinajstić information content (AvgIpc) is 2.60. The summed E-state index contributed by atoms with van der Waals surface area (Å²) in [5.74, 6) is -1.46. The maximum absolute atomic E-state index is 12.9. The fourth-order valence-corrected chi connectivity index (χ4v) is 4.05. The number of ether oxygens (including phenoxy) is 2. The van der Waals surface area contributed by atoms with Crippen molar-refractivity contribution in [3.63, 3.8) is 0 Å². The van der Waals surface area contributed by atoms with Crippen LogP contribution >= 0.6 is 0 Å². The molecule has 1 saturated heterocycles. The molecule has 132 valence electrons. The van der Waals surface area contributed by atoms with Gasteiger partial charge in [-0.1, -0.05) is 0 Å². The Hall–Kier alpha value is -1.97. The number of hydrogen-bond donors (Lipinski definition) is 0. The molecule has 1 aromatic rings. The Labute approximate surface area is 141 Å². The molecule has 2 rings (SSSR count). The van der Waals surface area contributed by atoms with Crippen molar-refractivity contribution in [2.24, 2.45) is 0 Å². The second kappa shape index (κ2) is 7.29. The number of sulfonamides is 1. The molecule has 0 aliphatic carbocycles. The molecule has 0 bridgehead atoms. The minimum absolute atomic E-state index is 0.0536. The van der Waals surface area contributed by atoms with Gasteiger partial charge in [-0.05, 0) is 25.2 Å². The third-order valence-corrected chi connectivity index (χ3v) is 5.83. The van der Waals surface area contributed by atoms with Crippen LogP contribution in [0.3, 0.4) is 0 Å². The largest absolute Gasteiger partial charge is 0.465 e. The second-order valence-corrected chi connectivity index (χ2v) is 7.31. The summed E-state index contributed by atoms with van der Waals surface area (Å²) in [6.07, 6.45) is 0. The van der Waals surface area contributed by atoms with Crippen molar-refractivity contribution in [3.8, 4) is 0 Å². The zero-order valence-electron chi connectivity index (χ0n) is 13.8. The summed E-state index contributed by atoms with van der Waals surface area (Å²) in [4.78, 5) is 25.4. The lowest BCUT2D eigenvalue weighted by Gasteiger charge is -2.31. The number of likely N-dealkylation sites (N-methyl/N-ethyl adjacent to an activating group) is 1. The molecule has 1 aromatic carbocycles. The summed E-state index contributed by atoms with van der Waals surface area (Å²) in [6, 6.07) is 3.76. The molecule has 0 unspecified atom stereocenters. The molecular formula is C15H20N2O6S. The first-order chi connectivity index (χ1) is 11.3. The van der Waals surface area contributed by atoms with Crippen LogP contribution in [0.1, 0.15) is 20.7 Å². The first-order valence-electron chi connectivity index (χ1n) is 7.30. The summed E-state index contributed by atoms with van der Waals surface area (Å²) in [6.45, 7) is 1.79. The molecule has 24 heavy (non-hydrogen) atoms. The molecule has 0 aromatic heterocycles. The number of piperazine rings is 1. The van der Waals surface area contributed by atoms with Crippen molar-refractivity contribution < 1.29 is 27.5 Å². The smallest absolute Gasteiger partial charge is 0.339 e. The summed E-state index contributed by atoms with van der Waals surface area (Å²) in [5.41, 5.74) is -0.0538. The molecule has 0 N–H and O–H groups in total. The molecular weight excluding hydrogens is 336 g/mol. The highest BCUT2D eigenvalue weighted by atomic mass is 32.2. The molecule has 0 amide bonds. The van der Waals surface area contributed by atoms with Crippen LogP contribution in [0.2, 0.25) is 0 Å². The lowest BCUT2D eigenvalue weighted by molar-refractivity contribution is 0.0583. The third kappa shape index (κ3) is 3.58. The fourth-order valence-electron chi connectivity index (χ4n) is 2.43. The maximum atomic E-state index is 12.9. The van der Waals surface area contributed by atoms with Gasteiger partial charge in [0.2, 0.25) is 10.0 Å². The van der Waals surface area contributed by atoms with E-state index in [1.54, 1.807) is 0 Å². The van der Waals surface area contributed by atoms with E-state index >= 15 is 0 Å². The van der Waals surface area contributed by atoms with Gasteiger partial charge in [-0.25, -0.2) is 18.0 Å². The Bertz CT molecular complexity index is 738. The Kier molecular flexibility index (Phi) is 5.58. The quantitative estimate of drug-likeness (QED) is 0.711. The highest BCUT2D eigenvalue weighted by Gasteiger charge is 2.32. The number of hydrogen-bond acceptors (Lipinski definition) is 7. The Morgan fingerprint density at radius 1 is 1.00 bits per heavy atom. The third-order valence-electron chi connectivity index (χ3n) is 3.89. The minimum Gasteiger partial charge on any atom is -0.465 e. The first kappa shape index (κ1) is 18.4. The van der Waals surface area contributed by atoms with E-state index in [-0.39, 0.29) is 16.0 Å². The predicted octanol–water partition coefficient (Wildman–Crippen LogP) is 0.196. The number of esters is 2. The molecule has 1 heterocycles. The van der Waals surface area contributed by atoms with Crippen molar-refractivity contribution in [1.29, 1.82) is 0 Å². The summed E-state index contributed by atoms with van der Waals surface area (Å²) in [5, 5.41) is 0. The Balaban J connectivity index is 2.52. The van der Waals surface area contributed by atoms with Gasteiger partial charge in [0.15, 0.2) is 0 Å². The molecule has 0 spiro atoms. The lowest BCUT2D eigenvalue weighted by atomic mass is 10.1. The molecule has 1 aliphatic heterocycles. The van der Waals surface area contributed by atoms with Crippen LogP contribution in [0.4, 0.5) is 0 Å². The highest BCUT2D eigenvalue weighted by molar-refractivity contribution is 7.89. The molecule has 0 saturated carbocycles. The lowest BCUT2D eigenvalue weighted by Crippen LogP contribution is -2.47. The van der Waals surface area contributed by atoms with Gasteiger partial charge in [0, 0.05) is 26.2 Å². The van der Waals surface area contributed by atoms with Crippen LogP contribution in [0.15, 0.2) is 23.1 Å².